The van der Waals surface area contributed by atoms with Crippen molar-refractivity contribution < 1.29 is 83.1 Å². The first-order valence-corrected chi connectivity index (χ1v) is 37.1. The molecule has 2 bridgehead atoms. The molecule has 0 radical (unpaired) electrons. The van der Waals surface area contributed by atoms with Gasteiger partial charge in [-0.3, -0.25) is 82.3 Å². The fraction of sp³-hybridized carbons (Fsp3) is 0.631. The standard InChI is InChI=1S/C65H101N15O17S3/c1-5-6-10-19-80(97)73-51-42-100-40-47-30-45(38-98-28-17-68-54(83)33-75-20-22-76(35-56(85)86)24-26-78(37-58(89)90)27-25-77(23-21-75)36-57(87)88)29-46(31-47)39-99-41-50(60(91)67-3)71-62(93)49(32-44-12-8-7-9-13-44)70-61(92)48(15-16-53(66)82)69-64(95)59(43(2)81)72-63(94)52-14-11-18-79(52)55(84)34-74(4)65(51)96/h7-9,12-13,29-31,43,48-52,59,73,80-81H,5-6,10-11,14-28,32-42H2,1-4H3,(H2,66,82)(H,67,91)(H,68,83)(H,69,95)(H,70,92)(H,71,93)(H,72,94)(H,85,86)(H,87,88)(H,89,90)/t43-,48+,49+,50+,51+,52+,59+/m1/s1. The first kappa shape index (κ1) is 83.5. The van der Waals surface area contributed by atoms with E-state index in [1.54, 1.807) is 45.0 Å². The predicted octanol–water partition coefficient (Wildman–Crippen LogP) is -3.54. The van der Waals surface area contributed by atoms with Gasteiger partial charge in [0.2, 0.25) is 53.2 Å². The van der Waals surface area contributed by atoms with Crippen molar-refractivity contribution in [2.24, 2.45) is 5.73 Å². The van der Waals surface area contributed by atoms with E-state index in [2.05, 4.69) is 37.3 Å². The lowest BCUT2D eigenvalue weighted by Gasteiger charge is -2.32. The Kier molecular flexibility index (Phi) is 36.9. The van der Waals surface area contributed by atoms with Crippen LogP contribution in [0.1, 0.15) is 81.0 Å². The number of primary amides is 1. The van der Waals surface area contributed by atoms with E-state index in [1.165, 1.54) is 66.1 Å². The van der Waals surface area contributed by atoms with Crippen molar-refractivity contribution in [2.75, 3.05) is 136 Å². The van der Waals surface area contributed by atoms with E-state index < -0.39 is 120 Å². The van der Waals surface area contributed by atoms with Crippen LogP contribution in [0.25, 0.3) is 0 Å². The zero-order valence-electron chi connectivity index (χ0n) is 57.5. The molecule has 3 aliphatic heterocycles. The lowest BCUT2D eigenvalue weighted by atomic mass is 10.0. The SMILES string of the molecule is CCCCC[NH+]([O-])N[C@H]1CSCc2cc(CSCCNC(=O)CN3CCN(CC(=O)O)CCN(CC(=O)O)CCN(CC(=O)O)CC3)cc(c2)CSC[C@@H](C(=O)NC)NC(=O)[C@H](Cc2ccccc2)NC(=O)[C@H](CCC(N)=O)NC(=O)[C@H]([C@@H](C)O)NC(=O)[C@@H]2CCCN2C(=O)CN(C)C1=O. The molecule has 2 aromatic carbocycles. The molecule has 556 valence electrons. The van der Waals surface area contributed by atoms with Gasteiger partial charge in [-0.2, -0.15) is 40.7 Å². The normalized spacial score (nSPS) is 22.6. The molecule has 32 nitrogen and oxygen atoms in total. The van der Waals surface area contributed by atoms with Crippen molar-refractivity contribution in [2.45, 2.75) is 125 Å². The summed E-state index contributed by atoms with van der Waals surface area (Å²) in [6.45, 7) is 4.23. The Hall–Kier alpha value is -7.19. The lowest BCUT2D eigenvalue weighted by molar-refractivity contribution is -0.898. The number of thioether (sulfide) groups is 3. The molecule has 14 N–H and O–H groups in total. The van der Waals surface area contributed by atoms with Crippen LogP contribution in [0.2, 0.25) is 0 Å². The van der Waals surface area contributed by atoms with Gasteiger partial charge in [-0.05, 0) is 61.3 Å². The molecule has 0 aromatic heterocycles. The number of rotatable bonds is 26. The quantitative estimate of drug-likeness (QED) is 0.0320. The van der Waals surface area contributed by atoms with Gasteiger partial charge in [-0.1, -0.05) is 61.9 Å². The molecule has 0 saturated carbocycles. The summed E-state index contributed by atoms with van der Waals surface area (Å²) in [4.78, 5) is 170. The second-order valence-electron chi connectivity index (χ2n) is 25.1. The largest absolute Gasteiger partial charge is 0.613 e. The minimum absolute atomic E-state index is 0.0340. The number of aliphatic hydroxyl groups excluding tert-OH is 1. The Bertz CT molecular complexity index is 3020. The number of aliphatic hydroxyl groups is 1. The summed E-state index contributed by atoms with van der Waals surface area (Å²) in [6, 6.07) is 6.62. The maximum absolute atomic E-state index is 14.5. The van der Waals surface area contributed by atoms with Crippen LogP contribution >= 0.6 is 35.3 Å². The molecule has 2 fully saturated rings. The Labute approximate surface area is 596 Å². The zero-order valence-corrected chi connectivity index (χ0v) is 59.9. The Morgan fingerprint density at radius 3 is 1.83 bits per heavy atom. The van der Waals surface area contributed by atoms with Gasteiger partial charge in [0.05, 0.1) is 45.4 Å². The highest BCUT2D eigenvalue weighted by Gasteiger charge is 2.40. The van der Waals surface area contributed by atoms with Crippen molar-refractivity contribution in [3.05, 3.63) is 76.0 Å². The van der Waals surface area contributed by atoms with Crippen molar-refractivity contribution >= 4 is 106 Å². The van der Waals surface area contributed by atoms with Crippen molar-refractivity contribution in [3.8, 4) is 0 Å². The number of hydrogen-bond donors (Lipinski definition) is 13. The van der Waals surface area contributed by atoms with Gasteiger partial charge in [0, 0.05) is 127 Å². The van der Waals surface area contributed by atoms with Crippen LogP contribution in [0.3, 0.4) is 0 Å². The highest BCUT2D eigenvalue weighted by molar-refractivity contribution is 7.99. The maximum atomic E-state index is 14.5. The summed E-state index contributed by atoms with van der Waals surface area (Å²) in [5.41, 5.74) is 11.6. The number of nitrogens with two attached hydrogens (primary N) is 1. The number of carboxylic acids is 3. The second kappa shape index (κ2) is 44.2. The van der Waals surface area contributed by atoms with Gasteiger partial charge < -0.3 is 73.1 Å². The number of aliphatic carboxylic acids is 3. The van der Waals surface area contributed by atoms with Crippen LogP contribution in [-0.2, 0) is 81.2 Å². The molecule has 3 aliphatic rings. The summed E-state index contributed by atoms with van der Waals surface area (Å²) in [6.07, 6.45) is 0.311. The minimum Gasteiger partial charge on any atom is -0.613 e. The van der Waals surface area contributed by atoms with E-state index in [0.717, 1.165) is 29.5 Å². The molecule has 2 saturated heterocycles. The number of carbonyl (C=O) groups is 12. The molecule has 35 heteroatoms. The molecule has 100 heavy (non-hydrogen) atoms. The molecule has 0 aliphatic carbocycles. The number of carboxylic acid groups (broad SMARTS) is 3. The third-order valence-electron chi connectivity index (χ3n) is 16.9. The number of carbonyl (C=O) groups excluding carboxylic acids is 9. The number of fused-ring (bicyclic) bond motifs is 3. The topological polar surface area (TPSA) is 443 Å². The van der Waals surface area contributed by atoms with E-state index in [4.69, 9.17) is 5.73 Å². The van der Waals surface area contributed by atoms with Crippen LogP contribution in [0.4, 0.5) is 0 Å². The third-order valence-corrected chi connectivity index (χ3v) is 20.1. The van der Waals surface area contributed by atoms with Crippen molar-refractivity contribution in [1.82, 2.24) is 66.7 Å². The second-order valence-corrected chi connectivity index (χ2v) is 28.3. The fourth-order valence-electron chi connectivity index (χ4n) is 11.6. The fourth-order valence-corrected chi connectivity index (χ4v) is 14.3. The minimum atomic E-state index is -1.70. The van der Waals surface area contributed by atoms with Gasteiger partial charge >= 0.3 is 17.9 Å². The van der Waals surface area contributed by atoms with Crippen LogP contribution in [0, 0.1) is 5.21 Å². The molecule has 5 rings (SSSR count). The smallest absolute Gasteiger partial charge is 0.317 e. The summed E-state index contributed by atoms with van der Waals surface area (Å²) in [5.74, 6) is -7.89. The summed E-state index contributed by atoms with van der Waals surface area (Å²) in [7, 11) is 2.83. The van der Waals surface area contributed by atoms with E-state index in [9.17, 15) is 83.2 Å². The van der Waals surface area contributed by atoms with Gasteiger partial charge in [0.15, 0.2) is 0 Å². The molecule has 2 aromatic rings. The first-order chi connectivity index (χ1) is 47.7. The number of amides is 9. The van der Waals surface area contributed by atoms with Crippen molar-refractivity contribution in [1.29, 1.82) is 0 Å². The summed E-state index contributed by atoms with van der Waals surface area (Å²) in [5, 5.41) is 69.0. The molecule has 3 heterocycles. The van der Waals surface area contributed by atoms with E-state index >= 15 is 0 Å². The number of quaternary nitrogens is 1. The van der Waals surface area contributed by atoms with Gasteiger partial charge in [0.1, 0.15) is 36.3 Å². The highest BCUT2D eigenvalue weighted by atomic mass is 32.2. The number of unbranched alkanes of at least 4 members (excludes halogenated alkanes) is 2. The van der Waals surface area contributed by atoms with Gasteiger partial charge in [-0.15, -0.1) is 0 Å². The van der Waals surface area contributed by atoms with E-state index in [1.807, 2.05) is 30.0 Å². The monoisotopic (exact) mass is 1460 g/mol. The maximum Gasteiger partial charge on any atom is 0.317 e. The number of likely N-dealkylation sites (N-methyl/N-ethyl adjacent to an activating group) is 2. The number of hydroxylamine groups is 1. The van der Waals surface area contributed by atoms with Gasteiger partial charge in [-0.25, -0.2) is 0 Å². The average Bonchev–Trinajstić information content (AvgIpc) is 1.60. The molecular weight excluding hydrogens is 1360 g/mol. The van der Waals surface area contributed by atoms with E-state index in [-0.39, 0.29) is 140 Å². The molecule has 9 amide bonds. The number of benzene rings is 2. The predicted molar refractivity (Wildman–Crippen MR) is 377 cm³/mol. The first-order valence-electron chi connectivity index (χ1n) is 33.7. The Balaban J connectivity index is 1.42. The van der Waals surface area contributed by atoms with Crippen LogP contribution in [-0.4, -0.2) is 299 Å². The highest BCUT2D eigenvalue weighted by Crippen LogP contribution is 2.25. The summed E-state index contributed by atoms with van der Waals surface area (Å²) < 4.78 is 0. The van der Waals surface area contributed by atoms with Crippen molar-refractivity contribution in [3.63, 3.8) is 0 Å². The molecule has 1 unspecified atom stereocenters. The molecule has 8 atom stereocenters. The third kappa shape index (κ3) is 30.6. The lowest BCUT2D eigenvalue weighted by Crippen LogP contribution is -3.15. The molecular formula is C65H101N15O17S3. The van der Waals surface area contributed by atoms with Crippen LogP contribution in [0.5, 0.6) is 0 Å². The van der Waals surface area contributed by atoms with Crippen LogP contribution < -0.4 is 48.2 Å². The van der Waals surface area contributed by atoms with Gasteiger partial charge in [0.25, 0.3) is 0 Å². The average molecular weight is 1460 g/mol. The summed E-state index contributed by atoms with van der Waals surface area (Å²) >= 11 is 4.23. The number of nitrogens with zero attached hydrogens (tertiary/aromatic N) is 6. The number of nitrogens with one attached hydrogen (secondary N) is 8. The van der Waals surface area contributed by atoms with Crippen LogP contribution in [0.15, 0.2) is 48.5 Å². The Morgan fingerprint density at radius 1 is 0.720 bits per heavy atom. The zero-order chi connectivity index (χ0) is 73.3. The Morgan fingerprint density at radius 2 is 1.28 bits per heavy atom. The molecule has 0 spiro atoms. The van der Waals surface area contributed by atoms with E-state index in [0.29, 0.717) is 41.4 Å². The number of hydrogen-bond acceptors (Lipinski definition) is 22.